The molecule has 26 heavy (non-hydrogen) atoms. The Balaban J connectivity index is 1.64. The minimum absolute atomic E-state index is 0.386. The summed E-state index contributed by atoms with van der Waals surface area (Å²) in [6.07, 6.45) is 8.60. The van der Waals surface area contributed by atoms with Crippen molar-refractivity contribution in [3.8, 4) is 0 Å². The Morgan fingerprint density at radius 3 is 2.54 bits per heavy atom. The Morgan fingerprint density at radius 2 is 1.92 bits per heavy atom. The zero-order valence-corrected chi connectivity index (χ0v) is 16.2. The molecular formula is C21H30N4O. The first-order chi connectivity index (χ1) is 12.5. The zero-order valence-electron chi connectivity index (χ0n) is 16.2. The molecule has 5 nitrogen and oxygen atoms in total. The van der Waals surface area contributed by atoms with Gasteiger partial charge in [0.05, 0.1) is 11.3 Å². The van der Waals surface area contributed by atoms with Gasteiger partial charge in [-0.05, 0) is 75.0 Å². The van der Waals surface area contributed by atoms with Gasteiger partial charge in [-0.2, -0.15) is 5.10 Å². The van der Waals surface area contributed by atoms with Crippen LogP contribution >= 0.6 is 0 Å². The molecule has 3 rings (SSSR count). The van der Waals surface area contributed by atoms with Gasteiger partial charge in [0.1, 0.15) is 0 Å². The first-order valence-electron chi connectivity index (χ1n) is 9.83. The van der Waals surface area contributed by atoms with Gasteiger partial charge in [0.25, 0.3) is 5.91 Å². The van der Waals surface area contributed by atoms with Gasteiger partial charge in [-0.3, -0.25) is 14.5 Å². The van der Waals surface area contributed by atoms with Crippen molar-refractivity contribution in [2.75, 3.05) is 0 Å². The molecule has 0 aliphatic heterocycles. The van der Waals surface area contributed by atoms with E-state index in [9.17, 15) is 4.79 Å². The molecule has 1 fully saturated rings. The first-order valence-corrected chi connectivity index (χ1v) is 9.83. The van der Waals surface area contributed by atoms with Crippen molar-refractivity contribution < 1.29 is 4.79 Å². The molecule has 2 heterocycles. The highest BCUT2D eigenvalue weighted by molar-refractivity contribution is 5.93. The van der Waals surface area contributed by atoms with E-state index in [1.54, 1.807) is 0 Å². The van der Waals surface area contributed by atoms with E-state index in [2.05, 4.69) is 29.6 Å². The molecule has 5 heteroatoms. The van der Waals surface area contributed by atoms with Crippen LogP contribution in [0.15, 0.2) is 18.3 Å². The highest BCUT2D eigenvalue weighted by Crippen LogP contribution is 2.36. The molecule has 1 aliphatic rings. The topological polar surface area (TPSA) is 73.8 Å². The SMILES string of the molecule is CCc1cc(CC)n(C[C@H]2CC[C@H](c3cnc(C)c(C(N)=O)c3)CC2)n1. The lowest BCUT2D eigenvalue weighted by Gasteiger charge is -2.29. The average molecular weight is 354 g/mol. The maximum atomic E-state index is 11.6. The van der Waals surface area contributed by atoms with Crippen LogP contribution in [0.1, 0.15) is 78.5 Å². The lowest BCUT2D eigenvalue weighted by Crippen LogP contribution is -2.21. The van der Waals surface area contributed by atoms with Crippen molar-refractivity contribution in [2.45, 2.75) is 71.8 Å². The molecule has 1 saturated carbocycles. The van der Waals surface area contributed by atoms with Crippen LogP contribution in [0.25, 0.3) is 0 Å². The maximum Gasteiger partial charge on any atom is 0.250 e. The Labute approximate surface area is 156 Å². The minimum atomic E-state index is -0.386. The largest absolute Gasteiger partial charge is 0.366 e. The normalized spacial score (nSPS) is 20.3. The Morgan fingerprint density at radius 1 is 1.19 bits per heavy atom. The van der Waals surface area contributed by atoms with Crippen LogP contribution in [0.3, 0.4) is 0 Å². The van der Waals surface area contributed by atoms with Gasteiger partial charge in [0.15, 0.2) is 0 Å². The molecule has 140 valence electrons. The molecule has 2 aromatic heterocycles. The lowest BCUT2D eigenvalue weighted by molar-refractivity contribution is 0.0999. The van der Waals surface area contributed by atoms with Crippen LogP contribution in [-0.4, -0.2) is 20.7 Å². The van der Waals surface area contributed by atoms with Crippen molar-refractivity contribution >= 4 is 5.91 Å². The Kier molecular flexibility index (Phi) is 5.74. The number of carbonyl (C=O) groups is 1. The number of pyridine rings is 1. The monoisotopic (exact) mass is 354 g/mol. The van der Waals surface area contributed by atoms with Crippen molar-refractivity contribution in [1.29, 1.82) is 0 Å². The second-order valence-electron chi connectivity index (χ2n) is 7.50. The lowest BCUT2D eigenvalue weighted by atomic mass is 9.78. The number of aromatic nitrogens is 3. The molecule has 2 aromatic rings. The van der Waals surface area contributed by atoms with Crippen molar-refractivity contribution in [3.05, 3.63) is 46.5 Å². The highest BCUT2D eigenvalue weighted by Gasteiger charge is 2.24. The summed E-state index contributed by atoms with van der Waals surface area (Å²) >= 11 is 0. The molecule has 0 unspecified atom stereocenters. The van der Waals surface area contributed by atoms with Gasteiger partial charge in [0, 0.05) is 24.1 Å². The van der Waals surface area contributed by atoms with E-state index >= 15 is 0 Å². The van der Waals surface area contributed by atoms with Crippen LogP contribution < -0.4 is 5.73 Å². The average Bonchev–Trinajstić information content (AvgIpc) is 3.04. The molecule has 0 bridgehead atoms. The zero-order chi connectivity index (χ0) is 18.7. The minimum Gasteiger partial charge on any atom is -0.366 e. The number of carbonyl (C=O) groups excluding carboxylic acids is 1. The smallest absolute Gasteiger partial charge is 0.250 e. The summed E-state index contributed by atoms with van der Waals surface area (Å²) in [6, 6.07) is 4.20. The van der Waals surface area contributed by atoms with Gasteiger partial charge in [-0.15, -0.1) is 0 Å². The van der Waals surface area contributed by atoms with Gasteiger partial charge in [-0.1, -0.05) is 13.8 Å². The van der Waals surface area contributed by atoms with E-state index in [0.717, 1.165) is 37.8 Å². The third kappa shape index (κ3) is 3.97. The van der Waals surface area contributed by atoms with Crippen LogP contribution in [0.5, 0.6) is 0 Å². The summed E-state index contributed by atoms with van der Waals surface area (Å²) in [4.78, 5) is 16.0. The summed E-state index contributed by atoms with van der Waals surface area (Å²) in [5, 5.41) is 4.77. The number of hydrogen-bond acceptors (Lipinski definition) is 3. The molecule has 0 spiro atoms. The van der Waals surface area contributed by atoms with Crippen LogP contribution in [-0.2, 0) is 19.4 Å². The standard InChI is InChI=1S/C21H30N4O/c1-4-18-11-19(5-2)25(24-18)13-15-6-8-16(9-7-15)17-10-20(21(22)26)14(3)23-12-17/h10-12,15-16H,4-9,13H2,1-3H3,(H2,22,26)/t15-,16-. The molecule has 0 aromatic carbocycles. The number of rotatable bonds is 6. The molecule has 0 atom stereocenters. The number of primary amides is 1. The second kappa shape index (κ2) is 8.02. The summed E-state index contributed by atoms with van der Waals surface area (Å²) in [5.41, 5.74) is 10.4. The van der Waals surface area contributed by atoms with Crippen molar-refractivity contribution in [1.82, 2.24) is 14.8 Å². The second-order valence-corrected chi connectivity index (χ2v) is 7.50. The summed E-state index contributed by atoms with van der Waals surface area (Å²) < 4.78 is 2.22. The molecule has 2 N–H and O–H groups in total. The first kappa shape index (κ1) is 18.6. The quantitative estimate of drug-likeness (QED) is 0.858. The van der Waals surface area contributed by atoms with Crippen LogP contribution in [0.2, 0.25) is 0 Å². The Hall–Kier alpha value is -2.17. The van der Waals surface area contributed by atoms with E-state index in [1.165, 1.54) is 24.2 Å². The fourth-order valence-electron chi connectivity index (χ4n) is 4.08. The van der Waals surface area contributed by atoms with Crippen LogP contribution in [0.4, 0.5) is 0 Å². The van der Waals surface area contributed by atoms with Gasteiger partial charge in [-0.25, -0.2) is 0 Å². The van der Waals surface area contributed by atoms with Crippen molar-refractivity contribution in [3.63, 3.8) is 0 Å². The maximum absolute atomic E-state index is 11.6. The van der Waals surface area contributed by atoms with Gasteiger partial charge < -0.3 is 5.73 Å². The fourth-order valence-corrected chi connectivity index (χ4v) is 4.08. The molecule has 1 amide bonds. The molecule has 0 radical (unpaired) electrons. The Bertz CT molecular complexity index is 772. The predicted molar refractivity (Wildman–Crippen MR) is 103 cm³/mol. The van der Waals surface area contributed by atoms with Crippen molar-refractivity contribution in [2.24, 2.45) is 11.7 Å². The number of amides is 1. The summed E-state index contributed by atoms with van der Waals surface area (Å²) in [7, 11) is 0. The van der Waals surface area contributed by atoms with Crippen LogP contribution in [0, 0.1) is 12.8 Å². The number of nitrogens with two attached hydrogens (primary N) is 1. The predicted octanol–water partition coefficient (Wildman–Crippen LogP) is 3.78. The van der Waals surface area contributed by atoms with E-state index in [4.69, 9.17) is 10.8 Å². The van der Waals surface area contributed by atoms with E-state index in [-0.39, 0.29) is 5.91 Å². The highest BCUT2D eigenvalue weighted by atomic mass is 16.1. The number of aryl methyl sites for hydroxylation is 3. The van der Waals surface area contributed by atoms with E-state index < -0.39 is 0 Å². The van der Waals surface area contributed by atoms with E-state index in [1.807, 2.05) is 19.2 Å². The third-order valence-electron chi connectivity index (χ3n) is 5.76. The van der Waals surface area contributed by atoms with E-state index in [0.29, 0.717) is 23.1 Å². The number of hydrogen-bond donors (Lipinski definition) is 1. The number of nitrogens with zero attached hydrogens (tertiary/aromatic N) is 3. The fraction of sp³-hybridized carbons (Fsp3) is 0.571. The molecule has 0 saturated heterocycles. The molecule has 1 aliphatic carbocycles. The molecular weight excluding hydrogens is 324 g/mol. The summed E-state index contributed by atoms with van der Waals surface area (Å²) in [5.74, 6) is 0.769. The third-order valence-corrected chi connectivity index (χ3v) is 5.76. The van der Waals surface area contributed by atoms with Gasteiger partial charge in [0.2, 0.25) is 0 Å². The van der Waals surface area contributed by atoms with Gasteiger partial charge >= 0.3 is 0 Å². The summed E-state index contributed by atoms with van der Waals surface area (Å²) in [6.45, 7) is 7.22.